The van der Waals surface area contributed by atoms with Crippen LogP contribution in [0.2, 0.25) is 0 Å². The number of aromatic nitrogens is 4. The van der Waals surface area contributed by atoms with Gasteiger partial charge in [0.1, 0.15) is 17.3 Å². The zero-order valence-electron chi connectivity index (χ0n) is 17.1. The summed E-state index contributed by atoms with van der Waals surface area (Å²) in [5.41, 5.74) is 2.82. The molecule has 30 heavy (non-hydrogen) atoms. The number of nitrogens with zero attached hydrogens (tertiary/aromatic N) is 6. The van der Waals surface area contributed by atoms with E-state index < -0.39 is 0 Å². The van der Waals surface area contributed by atoms with Gasteiger partial charge in [0.05, 0.1) is 11.9 Å². The Kier molecular flexibility index (Phi) is 5.17. The van der Waals surface area contributed by atoms with Crippen LogP contribution in [0.1, 0.15) is 35.4 Å². The van der Waals surface area contributed by atoms with Gasteiger partial charge in [0, 0.05) is 50.7 Å². The Morgan fingerprint density at radius 2 is 1.73 bits per heavy atom. The number of benzene rings is 1. The van der Waals surface area contributed by atoms with E-state index in [1.807, 2.05) is 23.1 Å². The second-order valence-corrected chi connectivity index (χ2v) is 7.90. The maximum Gasteiger partial charge on any atom is 0.274 e. The normalized spacial score (nSPS) is 16.8. The van der Waals surface area contributed by atoms with Gasteiger partial charge in [-0.05, 0) is 19.3 Å². The molecule has 2 aromatic heterocycles. The number of carbonyl (C=O) groups is 1. The number of rotatable bonds is 3. The number of piperazine rings is 1. The predicted molar refractivity (Wildman–Crippen MR) is 115 cm³/mol. The van der Waals surface area contributed by atoms with E-state index in [0.717, 1.165) is 61.8 Å². The summed E-state index contributed by atoms with van der Waals surface area (Å²) in [6.45, 7) is 3.78. The van der Waals surface area contributed by atoms with Crippen molar-refractivity contribution < 1.29 is 4.79 Å². The van der Waals surface area contributed by atoms with Crippen LogP contribution in [0.3, 0.4) is 0 Å². The number of hydrogen-bond acceptors (Lipinski definition) is 5. The molecule has 0 radical (unpaired) electrons. The molecule has 1 amide bonds. The average molecular weight is 403 g/mol. The van der Waals surface area contributed by atoms with Crippen LogP contribution in [0.25, 0.3) is 11.4 Å². The lowest BCUT2D eigenvalue weighted by atomic mass is 10.1. The van der Waals surface area contributed by atoms with Gasteiger partial charge in [-0.15, -0.1) is 0 Å². The Balaban J connectivity index is 1.40. The first kappa shape index (κ1) is 18.8. The van der Waals surface area contributed by atoms with Gasteiger partial charge in [-0.2, -0.15) is 0 Å². The molecule has 7 heteroatoms. The molecule has 2 aliphatic heterocycles. The number of amides is 1. The van der Waals surface area contributed by atoms with Gasteiger partial charge in [0.25, 0.3) is 5.91 Å². The molecule has 0 saturated carbocycles. The largest absolute Gasteiger partial charge is 0.352 e. The molecule has 0 unspecified atom stereocenters. The summed E-state index contributed by atoms with van der Waals surface area (Å²) in [5.74, 6) is 1.85. The first-order valence-electron chi connectivity index (χ1n) is 10.8. The van der Waals surface area contributed by atoms with Gasteiger partial charge in [-0.3, -0.25) is 9.78 Å². The summed E-state index contributed by atoms with van der Waals surface area (Å²) in [7, 11) is 0. The van der Waals surface area contributed by atoms with Crippen LogP contribution >= 0.6 is 0 Å². The van der Waals surface area contributed by atoms with E-state index >= 15 is 0 Å². The van der Waals surface area contributed by atoms with Crippen LogP contribution in [0.4, 0.5) is 5.82 Å². The summed E-state index contributed by atoms with van der Waals surface area (Å²) >= 11 is 0. The number of hydrogen-bond donors (Lipinski definition) is 0. The fraction of sp³-hybridized carbons (Fsp3) is 0.391. The molecule has 154 valence electrons. The fourth-order valence-corrected chi connectivity index (χ4v) is 4.44. The molecule has 0 N–H and O–H groups in total. The van der Waals surface area contributed by atoms with Crippen molar-refractivity contribution in [2.75, 3.05) is 31.1 Å². The molecule has 1 aromatic carbocycles. The molecule has 0 bridgehead atoms. The third kappa shape index (κ3) is 3.56. The molecule has 1 fully saturated rings. The minimum Gasteiger partial charge on any atom is -0.352 e. The van der Waals surface area contributed by atoms with E-state index in [2.05, 4.69) is 31.6 Å². The van der Waals surface area contributed by atoms with E-state index in [0.29, 0.717) is 18.8 Å². The molecule has 2 aliphatic rings. The predicted octanol–water partition coefficient (Wildman–Crippen LogP) is 3.03. The summed E-state index contributed by atoms with van der Waals surface area (Å²) in [4.78, 5) is 31.0. The molecule has 0 atom stereocenters. The zero-order valence-corrected chi connectivity index (χ0v) is 17.1. The van der Waals surface area contributed by atoms with Crippen molar-refractivity contribution in [3.05, 3.63) is 60.3 Å². The number of imidazole rings is 1. The summed E-state index contributed by atoms with van der Waals surface area (Å²) in [5, 5.41) is 0. The second kappa shape index (κ2) is 8.26. The van der Waals surface area contributed by atoms with E-state index in [1.54, 1.807) is 18.6 Å². The maximum absolute atomic E-state index is 13.5. The minimum absolute atomic E-state index is 0.0571. The quantitative estimate of drug-likeness (QED) is 0.674. The maximum atomic E-state index is 13.5. The summed E-state index contributed by atoms with van der Waals surface area (Å²) in [6.07, 6.45) is 9.52. The highest BCUT2D eigenvalue weighted by molar-refractivity contribution is 5.94. The van der Waals surface area contributed by atoms with Gasteiger partial charge in [0.2, 0.25) is 0 Å². The number of fused-ring (bicyclic) bond motifs is 1. The molecule has 5 rings (SSSR count). The first-order valence-corrected chi connectivity index (χ1v) is 10.8. The molecule has 0 spiro atoms. The van der Waals surface area contributed by atoms with Crippen molar-refractivity contribution in [2.24, 2.45) is 0 Å². The lowest BCUT2D eigenvalue weighted by Crippen LogP contribution is -2.49. The monoisotopic (exact) mass is 402 g/mol. The van der Waals surface area contributed by atoms with Crippen molar-refractivity contribution >= 4 is 11.7 Å². The van der Waals surface area contributed by atoms with Gasteiger partial charge in [-0.1, -0.05) is 36.8 Å². The Morgan fingerprint density at radius 3 is 2.50 bits per heavy atom. The number of carbonyl (C=O) groups excluding carboxylic acids is 1. The van der Waals surface area contributed by atoms with Crippen LogP contribution in [0.15, 0.2) is 48.9 Å². The smallest absolute Gasteiger partial charge is 0.274 e. The highest BCUT2D eigenvalue weighted by atomic mass is 16.2. The molecule has 4 heterocycles. The van der Waals surface area contributed by atoms with Crippen LogP contribution < -0.4 is 4.90 Å². The van der Waals surface area contributed by atoms with Gasteiger partial charge < -0.3 is 14.4 Å². The summed E-state index contributed by atoms with van der Waals surface area (Å²) in [6, 6.07) is 10.2. The standard InChI is InChI=1S/C23H26N6O/c30-23(28-15-13-27(14-16-28)20-17-24-10-11-25-20)21-19-9-5-2-6-12-29(19)22(26-21)18-7-3-1-4-8-18/h1,3-4,7-8,10-11,17H,2,5-6,9,12-16H2. The van der Waals surface area contributed by atoms with Crippen molar-refractivity contribution in [3.8, 4) is 11.4 Å². The second-order valence-electron chi connectivity index (χ2n) is 7.90. The molecular formula is C23H26N6O. The van der Waals surface area contributed by atoms with Crippen molar-refractivity contribution in [2.45, 2.75) is 32.2 Å². The van der Waals surface area contributed by atoms with E-state index in [-0.39, 0.29) is 5.91 Å². The highest BCUT2D eigenvalue weighted by Gasteiger charge is 2.29. The molecule has 0 aliphatic carbocycles. The number of anilines is 1. The Bertz CT molecular complexity index is 1010. The lowest BCUT2D eigenvalue weighted by molar-refractivity contribution is 0.0740. The SMILES string of the molecule is O=C(c1nc(-c2ccccc2)n2c1CCCCC2)N1CCN(c2cnccn2)CC1. The lowest BCUT2D eigenvalue weighted by Gasteiger charge is -2.35. The van der Waals surface area contributed by atoms with Crippen LogP contribution in [-0.2, 0) is 13.0 Å². The third-order valence-corrected chi connectivity index (χ3v) is 6.04. The van der Waals surface area contributed by atoms with E-state index in [4.69, 9.17) is 4.98 Å². The zero-order chi connectivity index (χ0) is 20.3. The topological polar surface area (TPSA) is 67.2 Å². The Labute approximate surface area is 176 Å². The van der Waals surface area contributed by atoms with Crippen molar-refractivity contribution in [3.63, 3.8) is 0 Å². The van der Waals surface area contributed by atoms with E-state index in [9.17, 15) is 4.79 Å². The molecule has 7 nitrogen and oxygen atoms in total. The minimum atomic E-state index is 0.0571. The van der Waals surface area contributed by atoms with Gasteiger partial charge >= 0.3 is 0 Å². The molecular weight excluding hydrogens is 376 g/mol. The van der Waals surface area contributed by atoms with E-state index in [1.165, 1.54) is 6.42 Å². The molecule has 3 aromatic rings. The molecule has 1 saturated heterocycles. The fourth-order valence-electron chi connectivity index (χ4n) is 4.44. The average Bonchev–Trinajstić information content (AvgIpc) is 3.00. The van der Waals surface area contributed by atoms with Crippen molar-refractivity contribution in [1.29, 1.82) is 0 Å². The Morgan fingerprint density at radius 1 is 0.900 bits per heavy atom. The van der Waals surface area contributed by atoms with Gasteiger partial charge in [-0.25, -0.2) is 9.97 Å². The van der Waals surface area contributed by atoms with Crippen LogP contribution in [0, 0.1) is 0 Å². The van der Waals surface area contributed by atoms with Gasteiger partial charge in [0.15, 0.2) is 0 Å². The van der Waals surface area contributed by atoms with Crippen LogP contribution in [-0.4, -0.2) is 56.5 Å². The third-order valence-electron chi connectivity index (χ3n) is 6.04. The van der Waals surface area contributed by atoms with Crippen molar-refractivity contribution in [1.82, 2.24) is 24.4 Å². The highest BCUT2D eigenvalue weighted by Crippen LogP contribution is 2.28. The summed E-state index contributed by atoms with van der Waals surface area (Å²) < 4.78 is 2.28. The van der Waals surface area contributed by atoms with Crippen LogP contribution in [0.5, 0.6) is 0 Å². The Hall–Kier alpha value is -3.22. The first-order chi connectivity index (χ1) is 14.8.